The van der Waals surface area contributed by atoms with Gasteiger partial charge in [0.25, 0.3) is 5.56 Å². The van der Waals surface area contributed by atoms with Gasteiger partial charge in [0.05, 0.1) is 5.69 Å². The first-order valence-corrected chi connectivity index (χ1v) is 14.3. The lowest BCUT2D eigenvalue weighted by Crippen LogP contribution is -2.25. The highest BCUT2D eigenvalue weighted by Gasteiger charge is 2.23. The first-order chi connectivity index (χ1) is 20.3. The molecule has 0 spiro atoms. The SMILES string of the molecule is CCN(CC)CCCNc1nc(-c2cc(C(=N)OC(C)(C)C)cc(F)c2C)c2ccc(=O)n(-c3c(F)cccc3F)c2n1. The van der Waals surface area contributed by atoms with Crippen LogP contribution in [-0.2, 0) is 4.74 Å². The van der Waals surface area contributed by atoms with E-state index in [1.807, 2.05) is 0 Å². The molecule has 0 saturated heterocycles. The van der Waals surface area contributed by atoms with Gasteiger partial charge in [0.15, 0.2) is 5.65 Å². The molecule has 0 aliphatic carbocycles. The molecule has 4 aromatic rings. The zero-order valence-corrected chi connectivity index (χ0v) is 25.3. The van der Waals surface area contributed by atoms with Gasteiger partial charge < -0.3 is 15.0 Å². The number of hydrogen-bond donors (Lipinski definition) is 2. The molecule has 4 rings (SSSR count). The zero-order chi connectivity index (χ0) is 31.5. The smallest absolute Gasteiger partial charge is 0.256 e. The summed E-state index contributed by atoms with van der Waals surface area (Å²) in [6.07, 6.45) is 0.756. The summed E-state index contributed by atoms with van der Waals surface area (Å²) in [7, 11) is 0. The van der Waals surface area contributed by atoms with Crippen molar-refractivity contribution >= 4 is 22.9 Å². The Balaban J connectivity index is 1.95. The van der Waals surface area contributed by atoms with Gasteiger partial charge in [0, 0.05) is 29.1 Å². The lowest BCUT2D eigenvalue weighted by Gasteiger charge is -2.22. The molecule has 43 heavy (non-hydrogen) atoms. The number of rotatable bonds is 10. The summed E-state index contributed by atoms with van der Waals surface area (Å²) in [6, 6.07) is 8.74. The summed E-state index contributed by atoms with van der Waals surface area (Å²) >= 11 is 0. The van der Waals surface area contributed by atoms with Gasteiger partial charge in [0.2, 0.25) is 11.8 Å². The number of hydrogen-bond acceptors (Lipinski definition) is 7. The predicted octanol–water partition coefficient (Wildman–Crippen LogP) is 6.46. The van der Waals surface area contributed by atoms with Crippen LogP contribution in [0, 0.1) is 29.8 Å². The van der Waals surface area contributed by atoms with E-state index in [-0.39, 0.29) is 39.7 Å². The standard InChI is InChI=1S/C32H37F3N6O2/c1-7-40(8-2)16-10-15-37-31-38-27(22-17-20(18-25(35)19(22)3)29(36)43-32(4,5)6)21-13-14-26(42)41(30(21)39-31)28-23(33)11-9-12-24(28)34/h9,11-14,17-18,36H,7-8,10,15-16H2,1-6H3,(H,37,38,39). The van der Waals surface area contributed by atoms with Crippen molar-refractivity contribution in [2.24, 2.45) is 0 Å². The van der Waals surface area contributed by atoms with Crippen LogP contribution >= 0.6 is 0 Å². The number of fused-ring (bicyclic) bond motifs is 1. The Bertz CT molecular complexity index is 1690. The van der Waals surface area contributed by atoms with E-state index < -0.39 is 34.3 Å². The topological polar surface area (TPSA) is 96.1 Å². The van der Waals surface area contributed by atoms with Crippen molar-refractivity contribution in [1.82, 2.24) is 19.4 Å². The highest BCUT2D eigenvalue weighted by atomic mass is 19.1. The number of aromatic nitrogens is 3. The van der Waals surface area contributed by atoms with E-state index in [1.165, 1.54) is 24.3 Å². The van der Waals surface area contributed by atoms with Crippen molar-refractivity contribution < 1.29 is 17.9 Å². The molecule has 2 heterocycles. The number of para-hydroxylation sites is 1. The molecule has 0 atom stereocenters. The van der Waals surface area contributed by atoms with Crippen LogP contribution in [0.25, 0.3) is 28.0 Å². The first kappa shape index (κ1) is 31.7. The molecule has 0 radical (unpaired) electrons. The van der Waals surface area contributed by atoms with E-state index in [1.54, 1.807) is 33.8 Å². The van der Waals surface area contributed by atoms with Crippen LogP contribution in [0.3, 0.4) is 0 Å². The minimum absolute atomic E-state index is 0.0565. The van der Waals surface area contributed by atoms with Gasteiger partial charge in [-0.3, -0.25) is 14.8 Å². The van der Waals surface area contributed by atoms with E-state index in [2.05, 4.69) is 29.0 Å². The first-order valence-electron chi connectivity index (χ1n) is 14.3. The maximum atomic E-state index is 15.4. The zero-order valence-electron chi connectivity index (χ0n) is 25.3. The summed E-state index contributed by atoms with van der Waals surface area (Å²) in [5.41, 5.74) is -1.07. The summed E-state index contributed by atoms with van der Waals surface area (Å²) in [6.45, 7) is 14.2. The number of halogens is 3. The fraction of sp³-hybridized carbons (Fsp3) is 0.375. The average molecular weight is 595 g/mol. The second kappa shape index (κ2) is 12.9. The van der Waals surface area contributed by atoms with Crippen LogP contribution in [0.5, 0.6) is 0 Å². The highest BCUT2D eigenvalue weighted by molar-refractivity contribution is 5.97. The third-order valence-electron chi connectivity index (χ3n) is 7.01. The fourth-order valence-electron chi connectivity index (χ4n) is 4.78. The average Bonchev–Trinajstić information content (AvgIpc) is 2.94. The number of anilines is 1. The number of ether oxygens (including phenoxy) is 1. The van der Waals surface area contributed by atoms with Crippen LogP contribution in [-0.4, -0.2) is 57.1 Å². The second-order valence-electron chi connectivity index (χ2n) is 11.2. The maximum Gasteiger partial charge on any atom is 0.256 e. The maximum absolute atomic E-state index is 15.4. The Morgan fingerprint density at radius 1 is 1.02 bits per heavy atom. The molecule has 2 aromatic heterocycles. The largest absolute Gasteiger partial charge is 0.472 e. The lowest BCUT2D eigenvalue weighted by molar-refractivity contribution is 0.116. The van der Waals surface area contributed by atoms with Crippen LogP contribution < -0.4 is 10.9 Å². The third-order valence-corrected chi connectivity index (χ3v) is 7.01. The van der Waals surface area contributed by atoms with E-state index >= 15 is 13.2 Å². The summed E-state index contributed by atoms with van der Waals surface area (Å²) in [5, 5.41) is 11.9. The lowest BCUT2D eigenvalue weighted by atomic mass is 9.99. The Morgan fingerprint density at radius 3 is 2.33 bits per heavy atom. The fourth-order valence-corrected chi connectivity index (χ4v) is 4.78. The van der Waals surface area contributed by atoms with E-state index in [0.29, 0.717) is 12.1 Å². The molecule has 0 aliphatic rings. The van der Waals surface area contributed by atoms with E-state index in [0.717, 1.165) is 42.8 Å². The molecule has 0 amide bonds. The Labute approximate surface area is 249 Å². The van der Waals surface area contributed by atoms with Crippen LogP contribution in [0.15, 0.2) is 47.3 Å². The molecule has 0 aliphatic heterocycles. The van der Waals surface area contributed by atoms with Gasteiger partial charge in [-0.2, -0.15) is 4.98 Å². The van der Waals surface area contributed by atoms with Crippen LogP contribution in [0.1, 0.15) is 52.2 Å². The van der Waals surface area contributed by atoms with E-state index in [4.69, 9.17) is 15.1 Å². The molecular weight excluding hydrogens is 557 g/mol. The van der Waals surface area contributed by atoms with Gasteiger partial charge in [0.1, 0.15) is 28.7 Å². The summed E-state index contributed by atoms with van der Waals surface area (Å²) in [5.74, 6) is -2.61. The summed E-state index contributed by atoms with van der Waals surface area (Å²) < 4.78 is 51.9. The minimum Gasteiger partial charge on any atom is -0.472 e. The quantitative estimate of drug-likeness (QED) is 0.124. The van der Waals surface area contributed by atoms with Crippen LogP contribution in [0.2, 0.25) is 0 Å². The van der Waals surface area contributed by atoms with Gasteiger partial charge in [-0.1, -0.05) is 19.9 Å². The molecule has 2 aromatic carbocycles. The van der Waals surface area contributed by atoms with Gasteiger partial charge >= 0.3 is 0 Å². The van der Waals surface area contributed by atoms with Gasteiger partial charge in [-0.15, -0.1) is 0 Å². The Morgan fingerprint density at radius 2 is 1.70 bits per heavy atom. The third kappa shape index (κ3) is 7.05. The van der Waals surface area contributed by atoms with Crippen molar-refractivity contribution in [2.45, 2.75) is 53.6 Å². The molecule has 0 fully saturated rings. The molecule has 228 valence electrons. The normalized spacial score (nSPS) is 11.8. The second-order valence-corrected chi connectivity index (χ2v) is 11.2. The monoisotopic (exact) mass is 594 g/mol. The number of pyridine rings is 1. The Kier molecular flexibility index (Phi) is 9.54. The number of nitrogens with one attached hydrogen (secondary N) is 2. The molecule has 0 saturated carbocycles. The van der Waals surface area contributed by atoms with Crippen molar-refractivity contribution in [2.75, 3.05) is 31.5 Å². The number of benzene rings is 2. The molecular formula is C32H37F3N6O2. The van der Waals surface area contributed by atoms with Crippen molar-refractivity contribution in [3.8, 4) is 16.9 Å². The van der Waals surface area contributed by atoms with Gasteiger partial charge in [-0.05, 0) is 89.6 Å². The molecule has 11 heteroatoms. The predicted molar refractivity (Wildman–Crippen MR) is 164 cm³/mol. The highest BCUT2D eigenvalue weighted by Crippen LogP contribution is 2.33. The van der Waals surface area contributed by atoms with Crippen molar-refractivity contribution in [3.63, 3.8) is 0 Å². The molecule has 2 N–H and O–H groups in total. The van der Waals surface area contributed by atoms with Gasteiger partial charge in [-0.25, -0.2) is 18.2 Å². The Hall–Kier alpha value is -4.25. The van der Waals surface area contributed by atoms with Crippen molar-refractivity contribution in [3.05, 3.63) is 81.4 Å². The minimum atomic E-state index is -0.944. The number of nitrogens with zero attached hydrogens (tertiary/aromatic N) is 4. The van der Waals surface area contributed by atoms with Crippen molar-refractivity contribution in [1.29, 1.82) is 5.41 Å². The molecule has 8 nitrogen and oxygen atoms in total. The van der Waals surface area contributed by atoms with E-state index in [9.17, 15) is 4.79 Å². The summed E-state index contributed by atoms with van der Waals surface area (Å²) in [4.78, 5) is 24.6. The van der Waals surface area contributed by atoms with Crippen LogP contribution in [0.4, 0.5) is 19.1 Å². The molecule has 0 bridgehead atoms. The molecule has 0 unspecified atom stereocenters.